The van der Waals surface area contributed by atoms with Gasteiger partial charge in [0.05, 0.1) is 6.10 Å². The van der Waals surface area contributed by atoms with Crippen LogP contribution in [0.4, 0.5) is 0 Å². The number of nitrogens with one attached hydrogen (secondary N) is 1. The number of rotatable bonds is 7. The van der Waals surface area contributed by atoms with Gasteiger partial charge in [0.25, 0.3) is 5.91 Å². The monoisotopic (exact) mass is 256 g/mol. The van der Waals surface area contributed by atoms with E-state index in [4.69, 9.17) is 9.26 Å². The van der Waals surface area contributed by atoms with E-state index < -0.39 is 0 Å². The normalized spacial score (nSPS) is 14.2. The first-order chi connectivity index (χ1) is 8.52. The van der Waals surface area contributed by atoms with E-state index in [9.17, 15) is 9.90 Å². The summed E-state index contributed by atoms with van der Waals surface area (Å²) in [6, 6.07) is 1.55. The lowest BCUT2D eigenvalue weighted by Gasteiger charge is -2.13. The molecule has 6 nitrogen and oxygen atoms in total. The number of amides is 1. The first kappa shape index (κ1) is 14.7. The van der Waals surface area contributed by atoms with Gasteiger partial charge in [0.2, 0.25) is 0 Å². The molecule has 0 bridgehead atoms. The fraction of sp³-hybridized carbons (Fsp3) is 0.667. The van der Waals surface area contributed by atoms with Gasteiger partial charge in [-0.2, -0.15) is 0 Å². The van der Waals surface area contributed by atoms with E-state index in [-0.39, 0.29) is 23.6 Å². The van der Waals surface area contributed by atoms with Crippen LogP contribution in [0.3, 0.4) is 0 Å². The van der Waals surface area contributed by atoms with E-state index in [1.807, 2.05) is 6.92 Å². The topological polar surface area (TPSA) is 84.6 Å². The highest BCUT2D eigenvalue weighted by Crippen LogP contribution is 2.07. The molecule has 0 spiro atoms. The zero-order valence-corrected chi connectivity index (χ0v) is 11.0. The van der Waals surface area contributed by atoms with Crippen LogP contribution in [0.2, 0.25) is 0 Å². The number of aromatic nitrogens is 1. The van der Waals surface area contributed by atoms with Crippen LogP contribution in [-0.2, 0) is 11.3 Å². The average molecular weight is 256 g/mol. The fourth-order valence-corrected chi connectivity index (χ4v) is 1.65. The molecule has 1 amide bonds. The third-order valence-electron chi connectivity index (χ3n) is 2.43. The van der Waals surface area contributed by atoms with Gasteiger partial charge in [-0.15, -0.1) is 0 Å². The maximum absolute atomic E-state index is 11.7. The van der Waals surface area contributed by atoms with Crippen LogP contribution in [0, 0.1) is 5.92 Å². The quantitative estimate of drug-likeness (QED) is 0.759. The lowest BCUT2D eigenvalue weighted by Crippen LogP contribution is -2.29. The number of hydrogen-bond acceptors (Lipinski definition) is 5. The number of hydrogen-bond donors (Lipinski definition) is 2. The summed E-state index contributed by atoms with van der Waals surface area (Å²) in [6.45, 7) is 4.48. The highest BCUT2D eigenvalue weighted by atomic mass is 16.5. The van der Waals surface area contributed by atoms with Crippen LogP contribution in [0.5, 0.6) is 0 Å². The Morgan fingerprint density at radius 1 is 1.61 bits per heavy atom. The Hall–Kier alpha value is -1.40. The van der Waals surface area contributed by atoms with Crippen LogP contribution in [0.1, 0.15) is 36.5 Å². The summed E-state index contributed by atoms with van der Waals surface area (Å²) in [6.07, 6.45) is 0.283. The first-order valence-electron chi connectivity index (χ1n) is 5.93. The van der Waals surface area contributed by atoms with E-state index in [2.05, 4.69) is 10.5 Å². The van der Waals surface area contributed by atoms with Gasteiger partial charge in [-0.1, -0.05) is 12.1 Å². The second-order valence-corrected chi connectivity index (χ2v) is 4.51. The van der Waals surface area contributed by atoms with Crippen molar-refractivity contribution in [1.29, 1.82) is 0 Å². The lowest BCUT2D eigenvalue weighted by molar-refractivity contribution is 0.0929. The molecule has 102 valence electrons. The van der Waals surface area contributed by atoms with Crippen molar-refractivity contribution in [2.24, 2.45) is 5.92 Å². The fourth-order valence-electron chi connectivity index (χ4n) is 1.65. The highest BCUT2D eigenvalue weighted by molar-refractivity contribution is 5.92. The predicted octanol–water partition coefficient (Wildman–Crippen LogP) is 0.958. The molecule has 0 saturated heterocycles. The zero-order valence-electron chi connectivity index (χ0n) is 11.0. The van der Waals surface area contributed by atoms with Gasteiger partial charge in [-0.3, -0.25) is 4.79 Å². The molecule has 18 heavy (non-hydrogen) atoms. The van der Waals surface area contributed by atoms with E-state index in [0.717, 1.165) is 0 Å². The summed E-state index contributed by atoms with van der Waals surface area (Å²) in [4.78, 5) is 11.7. The minimum atomic E-state index is -0.364. The summed E-state index contributed by atoms with van der Waals surface area (Å²) in [5.41, 5.74) is 0.242. The Morgan fingerprint density at radius 2 is 2.33 bits per heavy atom. The highest BCUT2D eigenvalue weighted by Gasteiger charge is 2.14. The number of carbonyl (C=O) groups excluding carboxylic acids is 1. The molecular formula is C12H20N2O4. The standard InChI is InChI=1S/C12H20N2O4/c1-8(4-9(2)15)6-13-12(16)11-5-10(7-17-3)18-14-11/h5,8-9,15H,4,6-7H2,1-3H3,(H,13,16). The van der Waals surface area contributed by atoms with Crippen molar-refractivity contribution < 1.29 is 19.2 Å². The predicted molar refractivity (Wildman–Crippen MR) is 65.0 cm³/mol. The number of methoxy groups -OCH3 is 1. The van der Waals surface area contributed by atoms with E-state index in [0.29, 0.717) is 25.3 Å². The molecule has 2 N–H and O–H groups in total. The van der Waals surface area contributed by atoms with Crippen molar-refractivity contribution in [2.45, 2.75) is 33.0 Å². The molecule has 2 atom stereocenters. The Kier molecular flexibility index (Phi) is 5.80. The Labute approximate surface area is 106 Å². The smallest absolute Gasteiger partial charge is 0.273 e. The van der Waals surface area contributed by atoms with Crippen LogP contribution in [0.25, 0.3) is 0 Å². The van der Waals surface area contributed by atoms with Gasteiger partial charge < -0.3 is 19.7 Å². The largest absolute Gasteiger partial charge is 0.393 e. The Bertz CT molecular complexity index is 376. The van der Waals surface area contributed by atoms with Crippen LogP contribution < -0.4 is 5.32 Å². The van der Waals surface area contributed by atoms with Crippen LogP contribution in [0.15, 0.2) is 10.6 Å². The molecule has 1 aromatic rings. The Balaban J connectivity index is 2.40. The molecule has 0 aliphatic rings. The molecule has 0 aliphatic carbocycles. The number of aliphatic hydroxyl groups excluding tert-OH is 1. The number of ether oxygens (including phenoxy) is 1. The maximum Gasteiger partial charge on any atom is 0.273 e. The van der Waals surface area contributed by atoms with E-state index in [1.54, 1.807) is 20.1 Å². The van der Waals surface area contributed by atoms with Crippen molar-refractivity contribution in [2.75, 3.05) is 13.7 Å². The number of aliphatic hydroxyl groups is 1. The van der Waals surface area contributed by atoms with Crippen molar-refractivity contribution in [1.82, 2.24) is 10.5 Å². The minimum Gasteiger partial charge on any atom is -0.393 e. The van der Waals surface area contributed by atoms with Gasteiger partial charge in [0, 0.05) is 19.7 Å². The van der Waals surface area contributed by atoms with Crippen molar-refractivity contribution >= 4 is 5.91 Å². The molecule has 0 fully saturated rings. The van der Waals surface area contributed by atoms with Crippen molar-refractivity contribution in [3.63, 3.8) is 0 Å². The van der Waals surface area contributed by atoms with Gasteiger partial charge in [-0.05, 0) is 19.3 Å². The molecule has 1 heterocycles. The second-order valence-electron chi connectivity index (χ2n) is 4.51. The molecule has 0 saturated carbocycles. The molecule has 0 aromatic carbocycles. The summed E-state index contributed by atoms with van der Waals surface area (Å²) >= 11 is 0. The molecule has 1 aromatic heterocycles. The van der Waals surface area contributed by atoms with Crippen molar-refractivity contribution in [3.05, 3.63) is 17.5 Å². The van der Waals surface area contributed by atoms with Crippen LogP contribution in [-0.4, -0.2) is 35.9 Å². The summed E-state index contributed by atoms with van der Waals surface area (Å²) in [5, 5.41) is 15.6. The second kappa shape index (κ2) is 7.13. The summed E-state index contributed by atoms with van der Waals surface area (Å²) in [5.74, 6) is 0.442. The van der Waals surface area contributed by atoms with E-state index in [1.165, 1.54) is 0 Å². The first-order valence-corrected chi connectivity index (χ1v) is 5.93. The Morgan fingerprint density at radius 3 is 2.94 bits per heavy atom. The molecule has 2 unspecified atom stereocenters. The third kappa shape index (κ3) is 4.85. The maximum atomic E-state index is 11.7. The molecule has 0 radical (unpaired) electrons. The minimum absolute atomic E-state index is 0.208. The third-order valence-corrected chi connectivity index (χ3v) is 2.43. The number of carbonyl (C=O) groups is 1. The summed E-state index contributed by atoms with van der Waals surface area (Å²) in [7, 11) is 1.54. The van der Waals surface area contributed by atoms with Crippen molar-refractivity contribution in [3.8, 4) is 0 Å². The SMILES string of the molecule is COCc1cc(C(=O)NCC(C)CC(C)O)no1. The van der Waals surface area contributed by atoms with Gasteiger partial charge in [-0.25, -0.2) is 0 Å². The molecule has 0 aliphatic heterocycles. The lowest BCUT2D eigenvalue weighted by atomic mass is 10.0. The van der Waals surface area contributed by atoms with Gasteiger partial charge >= 0.3 is 0 Å². The van der Waals surface area contributed by atoms with Gasteiger partial charge in [0.1, 0.15) is 6.61 Å². The average Bonchev–Trinajstić information content (AvgIpc) is 2.74. The molecule has 1 rings (SSSR count). The molecular weight excluding hydrogens is 236 g/mol. The molecule has 6 heteroatoms. The number of nitrogens with zero attached hydrogens (tertiary/aromatic N) is 1. The summed E-state index contributed by atoms with van der Waals surface area (Å²) < 4.78 is 9.79. The van der Waals surface area contributed by atoms with Gasteiger partial charge in [0.15, 0.2) is 11.5 Å². The van der Waals surface area contributed by atoms with Crippen LogP contribution >= 0.6 is 0 Å². The zero-order chi connectivity index (χ0) is 13.5. The van der Waals surface area contributed by atoms with E-state index >= 15 is 0 Å².